The van der Waals surface area contributed by atoms with Crippen molar-refractivity contribution in [3.05, 3.63) is 24.3 Å². The van der Waals surface area contributed by atoms with Crippen molar-refractivity contribution in [2.75, 3.05) is 33.9 Å². The van der Waals surface area contributed by atoms with Gasteiger partial charge in [0, 0.05) is 7.05 Å². The van der Waals surface area contributed by atoms with Crippen molar-refractivity contribution in [1.82, 2.24) is 10.2 Å². The van der Waals surface area contributed by atoms with Gasteiger partial charge in [0.05, 0.1) is 19.7 Å². The van der Waals surface area contributed by atoms with Crippen LogP contribution in [0.1, 0.15) is 12.8 Å². The van der Waals surface area contributed by atoms with Crippen LogP contribution in [0, 0.1) is 0 Å². The van der Waals surface area contributed by atoms with Crippen LogP contribution in [-0.2, 0) is 4.79 Å². The van der Waals surface area contributed by atoms with Gasteiger partial charge < -0.3 is 19.7 Å². The number of amides is 1. The third-order valence-electron chi connectivity index (χ3n) is 3.49. The molecule has 1 aromatic carbocycles. The van der Waals surface area contributed by atoms with Crippen LogP contribution >= 0.6 is 12.4 Å². The molecule has 0 saturated carbocycles. The molecule has 1 aromatic rings. The van der Waals surface area contributed by atoms with Crippen molar-refractivity contribution in [3.63, 3.8) is 0 Å². The van der Waals surface area contributed by atoms with Crippen LogP contribution in [0.25, 0.3) is 0 Å². The third kappa shape index (κ3) is 4.79. The molecule has 1 fully saturated rings. The van der Waals surface area contributed by atoms with Crippen LogP contribution in [0.15, 0.2) is 24.3 Å². The molecule has 1 heterocycles. The largest absolute Gasteiger partial charge is 0.493 e. The first kappa shape index (κ1) is 17.6. The van der Waals surface area contributed by atoms with E-state index in [0.717, 1.165) is 19.4 Å². The van der Waals surface area contributed by atoms with Crippen LogP contribution in [0.5, 0.6) is 11.5 Å². The fraction of sp³-hybridized carbons (Fsp3) is 0.533. The summed E-state index contributed by atoms with van der Waals surface area (Å²) in [7, 11) is 3.43. The SMILES string of the molecule is COc1ccccc1OCCN(C)C(=O)C1CCCN1.Cl. The molecule has 0 spiro atoms. The molecular weight excluding hydrogens is 292 g/mol. The van der Waals surface area contributed by atoms with E-state index in [1.54, 1.807) is 12.0 Å². The van der Waals surface area contributed by atoms with Gasteiger partial charge in [0.15, 0.2) is 11.5 Å². The second-order valence-electron chi connectivity index (χ2n) is 4.91. The third-order valence-corrected chi connectivity index (χ3v) is 3.49. The van der Waals surface area contributed by atoms with Crippen LogP contribution in [0.2, 0.25) is 0 Å². The molecule has 2 rings (SSSR count). The summed E-state index contributed by atoms with van der Waals surface area (Å²) in [5.74, 6) is 1.56. The number of carbonyl (C=O) groups excluding carboxylic acids is 1. The van der Waals surface area contributed by atoms with Crippen molar-refractivity contribution in [2.24, 2.45) is 0 Å². The Labute approximate surface area is 132 Å². The lowest BCUT2D eigenvalue weighted by atomic mass is 10.2. The molecule has 1 unspecified atom stereocenters. The molecule has 0 aliphatic carbocycles. The molecule has 21 heavy (non-hydrogen) atoms. The van der Waals surface area contributed by atoms with E-state index in [9.17, 15) is 4.79 Å². The van der Waals surface area contributed by atoms with Crippen LogP contribution in [0.4, 0.5) is 0 Å². The molecule has 0 bridgehead atoms. The van der Waals surface area contributed by atoms with Gasteiger partial charge >= 0.3 is 0 Å². The zero-order valence-corrected chi connectivity index (χ0v) is 13.3. The minimum Gasteiger partial charge on any atom is -0.493 e. The number of hydrogen-bond acceptors (Lipinski definition) is 4. The van der Waals surface area contributed by atoms with Gasteiger partial charge in [0.2, 0.25) is 5.91 Å². The monoisotopic (exact) mass is 314 g/mol. The molecule has 0 radical (unpaired) electrons. The number of nitrogens with one attached hydrogen (secondary N) is 1. The molecule has 1 aliphatic rings. The highest BCUT2D eigenvalue weighted by Gasteiger charge is 2.24. The summed E-state index contributed by atoms with van der Waals surface area (Å²) in [6.45, 7) is 1.95. The average Bonchev–Trinajstić information content (AvgIpc) is 3.01. The van der Waals surface area contributed by atoms with Gasteiger partial charge in [0.25, 0.3) is 0 Å². The number of hydrogen-bond donors (Lipinski definition) is 1. The Hall–Kier alpha value is -1.46. The number of para-hydroxylation sites is 2. The van der Waals surface area contributed by atoms with Crippen molar-refractivity contribution in [3.8, 4) is 11.5 Å². The average molecular weight is 315 g/mol. The Balaban J connectivity index is 0.00000220. The van der Waals surface area contributed by atoms with Crippen molar-refractivity contribution in [2.45, 2.75) is 18.9 Å². The Morgan fingerprint density at radius 3 is 2.71 bits per heavy atom. The molecule has 1 amide bonds. The number of nitrogens with zero attached hydrogens (tertiary/aromatic N) is 1. The smallest absolute Gasteiger partial charge is 0.239 e. The van der Waals surface area contributed by atoms with E-state index < -0.39 is 0 Å². The van der Waals surface area contributed by atoms with Gasteiger partial charge in [-0.1, -0.05) is 12.1 Å². The maximum atomic E-state index is 12.1. The van der Waals surface area contributed by atoms with E-state index in [1.165, 1.54) is 0 Å². The summed E-state index contributed by atoms with van der Waals surface area (Å²) in [6.07, 6.45) is 2.00. The molecular formula is C15H23ClN2O3. The molecule has 0 aromatic heterocycles. The molecule has 1 saturated heterocycles. The van der Waals surface area contributed by atoms with Crippen molar-refractivity contribution >= 4 is 18.3 Å². The first-order valence-corrected chi connectivity index (χ1v) is 6.96. The lowest BCUT2D eigenvalue weighted by Gasteiger charge is -2.21. The van der Waals surface area contributed by atoms with Crippen LogP contribution in [0.3, 0.4) is 0 Å². The van der Waals surface area contributed by atoms with E-state index in [0.29, 0.717) is 24.7 Å². The van der Waals surface area contributed by atoms with E-state index in [4.69, 9.17) is 9.47 Å². The van der Waals surface area contributed by atoms with Crippen LogP contribution in [-0.4, -0.2) is 50.7 Å². The predicted octanol–water partition coefficient (Wildman–Crippen LogP) is 1.71. The van der Waals surface area contributed by atoms with E-state index in [-0.39, 0.29) is 24.4 Å². The highest BCUT2D eigenvalue weighted by molar-refractivity contribution is 5.85. The second-order valence-corrected chi connectivity index (χ2v) is 4.91. The summed E-state index contributed by atoms with van der Waals surface area (Å²) in [5.41, 5.74) is 0. The minimum atomic E-state index is -0.0220. The standard InChI is InChI=1S/C15H22N2O3.ClH/c1-17(15(18)12-6-5-9-16-12)10-11-20-14-8-4-3-7-13(14)19-2;/h3-4,7-8,12,16H,5-6,9-11H2,1-2H3;1H. The second kappa shape index (κ2) is 8.74. The normalized spacial score (nSPS) is 17.0. The Morgan fingerprint density at radius 1 is 1.38 bits per heavy atom. The molecule has 118 valence electrons. The highest BCUT2D eigenvalue weighted by atomic mass is 35.5. The summed E-state index contributed by atoms with van der Waals surface area (Å²) in [5, 5.41) is 3.21. The molecule has 1 N–H and O–H groups in total. The maximum absolute atomic E-state index is 12.1. The minimum absolute atomic E-state index is 0. The molecule has 6 heteroatoms. The fourth-order valence-electron chi connectivity index (χ4n) is 2.30. The van der Waals surface area contributed by atoms with Gasteiger partial charge in [-0.15, -0.1) is 12.4 Å². The van der Waals surface area contributed by atoms with Gasteiger partial charge in [-0.05, 0) is 31.5 Å². The highest BCUT2D eigenvalue weighted by Crippen LogP contribution is 2.25. The molecule has 1 aliphatic heterocycles. The number of halogens is 1. The summed E-state index contributed by atoms with van der Waals surface area (Å²) >= 11 is 0. The van der Waals surface area contributed by atoms with Gasteiger partial charge in [0.1, 0.15) is 6.61 Å². The summed E-state index contributed by atoms with van der Waals surface area (Å²) in [6, 6.07) is 7.49. The number of methoxy groups -OCH3 is 1. The lowest BCUT2D eigenvalue weighted by Crippen LogP contribution is -2.43. The topological polar surface area (TPSA) is 50.8 Å². The Bertz CT molecular complexity index is 450. The van der Waals surface area contributed by atoms with E-state index >= 15 is 0 Å². The first-order valence-electron chi connectivity index (χ1n) is 6.96. The van der Waals surface area contributed by atoms with Crippen molar-refractivity contribution < 1.29 is 14.3 Å². The lowest BCUT2D eigenvalue weighted by molar-refractivity contribution is -0.132. The van der Waals surface area contributed by atoms with Crippen LogP contribution < -0.4 is 14.8 Å². The molecule has 5 nitrogen and oxygen atoms in total. The Morgan fingerprint density at radius 2 is 2.10 bits per heavy atom. The molecule has 1 atom stereocenters. The number of ether oxygens (including phenoxy) is 2. The zero-order chi connectivity index (χ0) is 14.4. The fourth-order valence-corrected chi connectivity index (χ4v) is 2.30. The van der Waals surface area contributed by atoms with Gasteiger partial charge in [-0.3, -0.25) is 4.79 Å². The maximum Gasteiger partial charge on any atom is 0.239 e. The first-order chi connectivity index (χ1) is 9.72. The number of carbonyl (C=O) groups is 1. The number of rotatable bonds is 6. The summed E-state index contributed by atoms with van der Waals surface area (Å²) < 4.78 is 10.9. The van der Waals surface area contributed by atoms with E-state index in [1.807, 2.05) is 31.3 Å². The van der Waals surface area contributed by atoms with Crippen molar-refractivity contribution in [1.29, 1.82) is 0 Å². The Kier molecular flexibility index (Phi) is 7.32. The predicted molar refractivity (Wildman–Crippen MR) is 84.4 cm³/mol. The quantitative estimate of drug-likeness (QED) is 0.868. The number of likely N-dealkylation sites (N-methyl/N-ethyl adjacent to an activating group) is 1. The van der Waals surface area contributed by atoms with Gasteiger partial charge in [-0.25, -0.2) is 0 Å². The van der Waals surface area contributed by atoms with E-state index in [2.05, 4.69) is 5.32 Å². The summed E-state index contributed by atoms with van der Waals surface area (Å²) in [4.78, 5) is 13.8. The number of benzene rings is 1. The van der Waals surface area contributed by atoms with Gasteiger partial charge in [-0.2, -0.15) is 0 Å². The zero-order valence-electron chi connectivity index (χ0n) is 12.5.